The molecule has 10 heteroatoms. The van der Waals surface area contributed by atoms with Crippen molar-refractivity contribution < 1.29 is 18.0 Å². The standard InChI is InChI=1S/C18H22F3N5OS/c19-18(20,21)13-4-2-1-3-12(13)15-9-23-17(28-15)26-8-7-25-6-5-24(11-22)10-14(25)16(26)27/h9,12-14H,1-8,10H2/t12-,13+,14+/m0/s1. The summed E-state index contributed by atoms with van der Waals surface area (Å²) in [6.45, 7) is 2.78. The lowest BCUT2D eigenvalue weighted by atomic mass is 9.78. The fourth-order valence-electron chi connectivity index (χ4n) is 4.56. The molecule has 1 amide bonds. The van der Waals surface area contributed by atoms with Crippen LogP contribution in [-0.4, -0.2) is 65.6 Å². The maximum absolute atomic E-state index is 13.4. The second-order valence-corrected chi connectivity index (χ2v) is 8.71. The van der Waals surface area contributed by atoms with Gasteiger partial charge >= 0.3 is 6.18 Å². The van der Waals surface area contributed by atoms with Crippen molar-refractivity contribution in [1.29, 1.82) is 5.26 Å². The molecule has 3 fully saturated rings. The first-order valence-electron chi connectivity index (χ1n) is 9.61. The largest absolute Gasteiger partial charge is 0.392 e. The minimum atomic E-state index is -4.21. The highest BCUT2D eigenvalue weighted by Gasteiger charge is 2.47. The summed E-state index contributed by atoms with van der Waals surface area (Å²) in [5, 5.41) is 9.59. The number of hydrogen-bond donors (Lipinski definition) is 0. The van der Waals surface area contributed by atoms with Gasteiger partial charge in [0, 0.05) is 43.2 Å². The van der Waals surface area contributed by atoms with E-state index in [1.54, 1.807) is 9.80 Å². The molecule has 1 aliphatic carbocycles. The van der Waals surface area contributed by atoms with Gasteiger partial charge in [-0.3, -0.25) is 14.6 Å². The number of nitriles is 1. The Morgan fingerprint density at radius 3 is 2.68 bits per heavy atom. The van der Waals surface area contributed by atoms with Crippen LogP contribution in [0.25, 0.3) is 0 Å². The third-order valence-corrected chi connectivity index (χ3v) is 7.24. The molecule has 3 heterocycles. The maximum Gasteiger partial charge on any atom is 0.392 e. The monoisotopic (exact) mass is 413 g/mol. The summed E-state index contributed by atoms with van der Waals surface area (Å²) < 4.78 is 40.3. The predicted octanol–water partition coefficient (Wildman–Crippen LogP) is 2.79. The van der Waals surface area contributed by atoms with E-state index in [2.05, 4.69) is 16.1 Å². The zero-order valence-electron chi connectivity index (χ0n) is 15.4. The van der Waals surface area contributed by atoms with Gasteiger partial charge in [-0.25, -0.2) is 4.98 Å². The normalized spacial score (nSPS) is 29.5. The van der Waals surface area contributed by atoms with Gasteiger partial charge in [-0.1, -0.05) is 12.8 Å². The summed E-state index contributed by atoms with van der Waals surface area (Å²) in [5.41, 5.74) is 0. The summed E-state index contributed by atoms with van der Waals surface area (Å²) in [6, 6.07) is -0.396. The number of fused-ring (bicyclic) bond motifs is 1. The molecule has 1 aromatic heterocycles. The second-order valence-electron chi connectivity index (χ2n) is 7.67. The molecule has 2 saturated heterocycles. The van der Waals surface area contributed by atoms with Crippen molar-refractivity contribution in [3.8, 4) is 6.19 Å². The van der Waals surface area contributed by atoms with Gasteiger partial charge in [0.2, 0.25) is 5.91 Å². The molecule has 1 saturated carbocycles. The van der Waals surface area contributed by atoms with E-state index in [1.807, 2.05) is 0 Å². The minimum Gasteiger partial charge on any atom is -0.307 e. The van der Waals surface area contributed by atoms with Gasteiger partial charge < -0.3 is 4.90 Å². The Morgan fingerprint density at radius 1 is 1.18 bits per heavy atom. The van der Waals surface area contributed by atoms with Crippen LogP contribution in [0.15, 0.2) is 6.20 Å². The smallest absolute Gasteiger partial charge is 0.307 e. The van der Waals surface area contributed by atoms with Crippen LogP contribution in [0.4, 0.5) is 18.3 Å². The highest BCUT2D eigenvalue weighted by atomic mass is 32.1. The molecule has 0 radical (unpaired) electrons. The summed E-state index contributed by atoms with van der Waals surface area (Å²) in [5.74, 6) is -2.02. The minimum absolute atomic E-state index is 0.122. The number of amides is 1. The first kappa shape index (κ1) is 19.5. The van der Waals surface area contributed by atoms with Crippen molar-refractivity contribution in [2.75, 3.05) is 37.6 Å². The van der Waals surface area contributed by atoms with E-state index in [0.717, 1.165) is 6.42 Å². The summed E-state index contributed by atoms with van der Waals surface area (Å²) in [7, 11) is 0. The molecule has 28 heavy (non-hydrogen) atoms. The Labute approximate surface area is 165 Å². The van der Waals surface area contributed by atoms with Crippen LogP contribution in [0.1, 0.15) is 36.5 Å². The lowest BCUT2D eigenvalue weighted by molar-refractivity contribution is -0.187. The number of alkyl halides is 3. The molecule has 1 aromatic rings. The lowest BCUT2D eigenvalue weighted by Gasteiger charge is -2.44. The van der Waals surface area contributed by atoms with Gasteiger partial charge in [-0.15, -0.1) is 11.3 Å². The van der Waals surface area contributed by atoms with E-state index in [4.69, 9.17) is 5.26 Å². The van der Waals surface area contributed by atoms with Crippen molar-refractivity contribution >= 4 is 22.4 Å². The van der Waals surface area contributed by atoms with Crippen LogP contribution in [0.2, 0.25) is 0 Å². The van der Waals surface area contributed by atoms with Crippen molar-refractivity contribution in [3.05, 3.63) is 11.1 Å². The van der Waals surface area contributed by atoms with Gasteiger partial charge in [-0.2, -0.15) is 18.4 Å². The number of nitrogens with zero attached hydrogens (tertiary/aromatic N) is 5. The SMILES string of the molecule is N#CN1CCN2CCN(c3ncc([C@H]4CCCC[C@H]4C(F)(F)F)s3)C(=O)[C@H]2C1. The molecule has 0 bridgehead atoms. The van der Waals surface area contributed by atoms with E-state index in [1.165, 1.54) is 17.5 Å². The van der Waals surface area contributed by atoms with Crippen molar-refractivity contribution in [1.82, 2.24) is 14.8 Å². The van der Waals surface area contributed by atoms with Crippen molar-refractivity contribution in [2.45, 2.75) is 43.8 Å². The van der Waals surface area contributed by atoms with Crippen LogP contribution < -0.4 is 4.90 Å². The molecule has 3 aliphatic rings. The fraction of sp³-hybridized carbons (Fsp3) is 0.722. The molecular formula is C18H22F3N5OS. The number of carbonyl (C=O) groups excluding carboxylic acids is 1. The summed E-state index contributed by atoms with van der Waals surface area (Å²) in [6.07, 6.45) is 1.46. The van der Waals surface area contributed by atoms with Gasteiger partial charge in [0.05, 0.1) is 12.5 Å². The van der Waals surface area contributed by atoms with Crippen molar-refractivity contribution in [3.63, 3.8) is 0 Å². The Morgan fingerprint density at radius 2 is 1.93 bits per heavy atom. The van der Waals surface area contributed by atoms with E-state index in [0.29, 0.717) is 55.6 Å². The van der Waals surface area contributed by atoms with Crippen LogP contribution in [-0.2, 0) is 4.79 Å². The number of halogens is 3. The molecule has 6 nitrogen and oxygen atoms in total. The number of carbonyl (C=O) groups is 1. The first-order valence-corrected chi connectivity index (χ1v) is 10.4. The highest BCUT2D eigenvalue weighted by molar-refractivity contribution is 7.15. The second kappa shape index (κ2) is 7.52. The Hall–Kier alpha value is -1.86. The molecule has 0 unspecified atom stereocenters. The number of thiazole rings is 1. The fourth-order valence-corrected chi connectivity index (χ4v) is 5.70. The molecule has 4 rings (SSSR count). The van der Waals surface area contributed by atoms with Crippen LogP contribution in [0.5, 0.6) is 0 Å². The number of hydrogen-bond acceptors (Lipinski definition) is 6. The third kappa shape index (κ3) is 3.57. The summed E-state index contributed by atoms with van der Waals surface area (Å²) >= 11 is 1.21. The van der Waals surface area contributed by atoms with E-state index < -0.39 is 24.1 Å². The zero-order valence-corrected chi connectivity index (χ0v) is 16.2. The molecule has 0 spiro atoms. The zero-order chi connectivity index (χ0) is 19.9. The molecule has 2 aliphatic heterocycles. The quantitative estimate of drug-likeness (QED) is 0.698. The molecule has 3 atom stereocenters. The van der Waals surface area contributed by atoms with E-state index in [-0.39, 0.29) is 12.3 Å². The van der Waals surface area contributed by atoms with Crippen LogP contribution in [0.3, 0.4) is 0 Å². The number of aromatic nitrogens is 1. The predicted molar refractivity (Wildman–Crippen MR) is 97.8 cm³/mol. The van der Waals surface area contributed by atoms with Gasteiger partial charge in [0.15, 0.2) is 11.3 Å². The number of anilines is 1. The lowest BCUT2D eigenvalue weighted by Crippen LogP contribution is -2.64. The topological polar surface area (TPSA) is 63.5 Å². The number of piperazine rings is 2. The van der Waals surface area contributed by atoms with E-state index in [9.17, 15) is 18.0 Å². The average Bonchev–Trinajstić information content (AvgIpc) is 3.17. The van der Waals surface area contributed by atoms with Crippen molar-refractivity contribution in [2.24, 2.45) is 5.92 Å². The molecular weight excluding hydrogens is 391 g/mol. The first-order chi connectivity index (χ1) is 13.4. The molecule has 152 valence electrons. The third-order valence-electron chi connectivity index (χ3n) is 6.09. The maximum atomic E-state index is 13.4. The number of rotatable bonds is 2. The van der Waals surface area contributed by atoms with Gasteiger partial charge in [0.25, 0.3) is 0 Å². The van der Waals surface area contributed by atoms with Gasteiger partial charge in [0.1, 0.15) is 6.04 Å². The average molecular weight is 413 g/mol. The molecule has 0 aromatic carbocycles. The Bertz CT molecular complexity index is 776. The Kier molecular flexibility index (Phi) is 5.22. The van der Waals surface area contributed by atoms with E-state index >= 15 is 0 Å². The van der Waals surface area contributed by atoms with Crippen LogP contribution in [0, 0.1) is 17.4 Å². The highest BCUT2D eigenvalue weighted by Crippen LogP contribution is 2.48. The van der Waals surface area contributed by atoms with Crippen LogP contribution >= 0.6 is 11.3 Å². The van der Waals surface area contributed by atoms with Gasteiger partial charge in [-0.05, 0) is 12.8 Å². The summed E-state index contributed by atoms with van der Waals surface area (Å²) in [4.78, 5) is 23.1. The Balaban J connectivity index is 1.52. The molecule has 0 N–H and O–H groups in total.